The van der Waals surface area contributed by atoms with Gasteiger partial charge in [0.15, 0.2) is 0 Å². The Labute approximate surface area is 180 Å². The smallest absolute Gasteiger partial charge is 0.227 e. The van der Waals surface area contributed by atoms with Crippen LogP contribution in [0.2, 0.25) is 5.02 Å². The SMILES string of the molecule is O=C(Nc1ccc(Cl)cc1)C1CCC2(c3ccnc4ccc(F)cc34)CCC1CC2. The molecule has 3 nitrogen and oxygen atoms in total. The highest BCUT2D eigenvalue weighted by Gasteiger charge is 2.45. The molecule has 1 amide bonds. The monoisotopic (exact) mass is 422 g/mol. The molecule has 2 aromatic carbocycles. The van der Waals surface area contributed by atoms with E-state index in [-0.39, 0.29) is 23.1 Å². The van der Waals surface area contributed by atoms with E-state index in [1.807, 2.05) is 18.3 Å². The Bertz CT molecular complexity index is 1090. The minimum atomic E-state index is -0.226. The van der Waals surface area contributed by atoms with E-state index in [0.29, 0.717) is 10.9 Å². The minimum Gasteiger partial charge on any atom is -0.326 e. The highest BCUT2D eigenvalue weighted by atomic mass is 35.5. The second-order valence-corrected chi connectivity index (χ2v) is 9.22. The van der Waals surface area contributed by atoms with Crippen LogP contribution in [0.1, 0.15) is 44.1 Å². The van der Waals surface area contributed by atoms with Gasteiger partial charge in [0.05, 0.1) is 5.52 Å². The Morgan fingerprint density at radius 2 is 1.77 bits per heavy atom. The molecule has 3 fully saturated rings. The number of rotatable bonds is 3. The number of benzene rings is 2. The van der Waals surface area contributed by atoms with Crippen molar-refractivity contribution in [1.29, 1.82) is 0 Å². The van der Waals surface area contributed by atoms with Crippen molar-refractivity contribution in [3.8, 4) is 0 Å². The average molecular weight is 423 g/mol. The molecular weight excluding hydrogens is 399 g/mol. The number of amides is 1. The zero-order chi connectivity index (χ0) is 20.7. The summed E-state index contributed by atoms with van der Waals surface area (Å²) in [5.41, 5.74) is 2.82. The number of carbonyl (C=O) groups is 1. The molecule has 3 saturated carbocycles. The van der Waals surface area contributed by atoms with Crippen molar-refractivity contribution < 1.29 is 9.18 Å². The molecule has 0 radical (unpaired) electrons. The molecule has 3 aromatic rings. The Balaban J connectivity index is 1.42. The summed E-state index contributed by atoms with van der Waals surface area (Å²) in [5, 5.41) is 4.65. The van der Waals surface area contributed by atoms with Gasteiger partial charge in [-0.25, -0.2) is 4.39 Å². The van der Waals surface area contributed by atoms with Crippen LogP contribution < -0.4 is 5.32 Å². The summed E-state index contributed by atoms with van der Waals surface area (Å²) >= 11 is 5.95. The summed E-state index contributed by atoms with van der Waals surface area (Å²) in [6.07, 6.45) is 7.76. The molecule has 30 heavy (non-hydrogen) atoms. The molecule has 5 heteroatoms. The summed E-state index contributed by atoms with van der Waals surface area (Å²) in [7, 11) is 0. The maximum absolute atomic E-state index is 14.0. The third kappa shape index (κ3) is 3.47. The number of aromatic nitrogens is 1. The second-order valence-electron chi connectivity index (χ2n) is 8.78. The lowest BCUT2D eigenvalue weighted by Gasteiger charge is -2.38. The van der Waals surface area contributed by atoms with Crippen molar-refractivity contribution in [3.05, 3.63) is 71.1 Å². The van der Waals surface area contributed by atoms with Gasteiger partial charge < -0.3 is 5.32 Å². The number of nitrogens with zero attached hydrogens (tertiary/aromatic N) is 1. The highest BCUT2D eigenvalue weighted by molar-refractivity contribution is 6.30. The molecule has 1 atom stereocenters. The lowest BCUT2D eigenvalue weighted by molar-refractivity contribution is -0.121. The van der Waals surface area contributed by atoms with Crippen molar-refractivity contribution in [2.45, 2.75) is 43.9 Å². The molecule has 0 aliphatic heterocycles. The fourth-order valence-electron chi connectivity index (χ4n) is 5.61. The Hall–Kier alpha value is -2.46. The van der Waals surface area contributed by atoms with Crippen LogP contribution in [0, 0.1) is 17.7 Å². The van der Waals surface area contributed by atoms with Crippen LogP contribution in [0.5, 0.6) is 0 Å². The fraction of sp³-hybridized carbons (Fsp3) is 0.360. The molecule has 3 aliphatic carbocycles. The van der Waals surface area contributed by atoms with E-state index in [1.165, 1.54) is 11.6 Å². The predicted octanol–water partition coefficient (Wildman–Crippen LogP) is 6.50. The van der Waals surface area contributed by atoms with E-state index in [0.717, 1.165) is 55.1 Å². The molecule has 0 spiro atoms. The maximum atomic E-state index is 14.0. The number of nitrogens with one attached hydrogen (secondary N) is 1. The number of hydrogen-bond acceptors (Lipinski definition) is 2. The largest absolute Gasteiger partial charge is 0.326 e. The van der Waals surface area contributed by atoms with Crippen molar-refractivity contribution in [2.75, 3.05) is 5.32 Å². The zero-order valence-electron chi connectivity index (χ0n) is 16.7. The molecule has 1 heterocycles. The summed E-state index contributed by atoms with van der Waals surface area (Å²) < 4.78 is 14.0. The quantitative estimate of drug-likeness (QED) is 0.523. The van der Waals surface area contributed by atoms with Crippen LogP contribution in [0.25, 0.3) is 10.9 Å². The molecule has 154 valence electrons. The van der Waals surface area contributed by atoms with Gasteiger partial charge in [0.2, 0.25) is 5.91 Å². The van der Waals surface area contributed by atoms with Gasteiger partial charge in [0, 0.05) is 28.2 Å². The number of pyridine rings is 1. The third-order valence-electron chi connectivity index (χ3n) is 7.21. The molecule has 2 bridgehead atoms. The van der Waals surface area contributed by atoms with Crippen molar-refractivity contribution in [2.24, 2.45) is 11.8 Å². The fourth-order valence-corrected chi connectivity index (χ4v) is 5.74. The molecule has 0 saturated heterocycles. The van der Waals surface area contributed by atoms with Gasteiger partial charge in [-0.2, -0.15) is 0 Å². The standard InChI is InChI=1S/C25H24ClFN2O/c26-17-1-4-19(5-2-17)29-24(30)20-9-13-25(11-7-16(20)8-12-25)22-10-14-28-23-6-3-18(27)15-21(22)23/h1-6,10,14-16,20H,7-9,11-13H2,(H,29,30). The van der Waals surface area contributed by atoms with Crippen molar-refractivity contribution >= 4 is 34.1 Å². The van der Waals surface area contributed by atoms with E-state index >= 15 is 0 Å². The number of hydrogen-bond donors (Lipinski definition) is 1. The van der Waals surface area contributed by atoms with Gasteiger partial charge in [-0.1, -0.05) is 11.6 Å². The molecule has 1 N–H and O–H groups in total. The second kappa shape index (κ2) is 7.66. The summed E-state index contributed by atoms with van der Waals surface area (Å²) in [5.74, 6) is 0.286. The molecule has 6 rings (SSSR count). The van der Waals surface area contributed by atoms with Gasteiger partial charge in [0.25, 0.3) is 0 Å². The molecular formula is C25H24ClFN2O. The molecule has 1 aromatic heterocycles. The summed E-state index contributed by atoms with van der Waals surface area (Å²) in [4.78, 5) is 17.5. The van der Waals surface area contributed by atoms with Crippen LogP contribution in [0.4, 0.5) is 10.1 Å². The Morgan fingerprint density at radius 1 is 1.03 bits per heavy atom. The minimum absolute atomic E-state index is 0.000779. The van der Waals surface area contributed by atoms with Gasteiger partial charge in [-0.05, 0) is 104 Å². The Morgan fingerprint density at radius 3 is 2.53 bits per heavy atom. The predicted molar refractivity (Wildman–Crippen MR) is 118 cm³/mol. The van der Waals surface area contributed by atoms with Crippen LogP contribution >= 0.6 is 11.6 Å². The van der Waals surface area contributed by atoms with Gasteiger partial charge in [-0.3, -0.25) is 9.78 Å². The number of fused-ring (bicyclic) bond motifs is 5. The first-order chi connectivity index (χ1) is 14.5. The normalized spacial score (nSPS) is 25.8. The van der Waals surface area contributed by atoms with Crippen LogP contribution in [0.3, 0.4) is 0 Å². The van der Waals surface area contributed by atoms with Gasteiger partial charge in [0.1, 0.15) is 5.82 Å². The van der Waals surface area contributed by atoms with E-state index in [4.69, 9.17) is 11.6 Å². The van der Waals surface area contributed by atoms with Crippen molar-refractivity contribution in [1.82, 2.24) is 4.98 Å². The van der Waals surface area contributed by atoms with Crippen molar-refractivity contribution in [3.63, 3.8) is 0 Å². The first-order valence-corrected chi connectivity index (χ1v) is 11.0. The lowest BCUT2D eigenvalue weighted by atomic mass is 9.66. The molecule has 3 aliphatic rings. The van der Waals surface area contributed by atoms with Crippen LogP contribution in [-0.4, -0.2) is 10.9 Å². The summed E-state index contributed by atoms with van der Waals surface area (Å²) in [6.45, 7) is 0. The highest BCUT2D eigenvalue weighted by Crippen LogP contribution is 2.52. The molecule has 1 unspecified atom stereocenters. The number of carbonyl (C=O) groups excluding carboxylic acids is 1. The first kappa shape index (κ1) is 19.5. The van der Waals surface area contributed by atoms with Gasteiger partial charge in [-0.15, -0.1) is 0 Å². The topological polar surface area (TPSA) is 42.0 Å². The van der Waals surface area contributed by atoms with Crippen LogP contribution in [0.15, 0.2) is 54.7 Å². The first-order valence-electron chi connectivity index (χ1n) is 10.7. The average Bonchev–Trinajstić information content (AvgIpc) is 3.06. The third-order valence-corrected chi connectivity index (χ3v) is 7.47. The number of anilines is 1. The lowest BCUT2D eigenvalue weighted by Crippen LogP contribution is -2.31. The number of halogens is 2. The Kier molecular flexibility index (Phi) is 4.98. The van der Waals surface area contributed by atoms with E-state index in [2.05, 4.69) is 16.4 Å². The van der Waals surface area contributed by atoms with E-state index in [1.54, 1.807) is 24.3 Å². The zero-order valence-corrected chi connectivity index (χ0v) is 17.5. The summed E-state index contributed by atoms with van der Waals surface area (Å²) in [6, 6.07) is 14.2. The van der Waals surface area contributed by atoms with Gasteiger partial charge >= 0.3 is 0 Å². The maximum Gasteiger partial charge on any atom is 0.227 e. The van der Waals surface area contributed by atoms with E-state index < -0.39 is 0 Å². The van der Waals surface area contributed by atoms with Crippen LogP contribution in [-0.2, 0) is 10.2 Å². The van der Waals surface area contributed by atoms with E-state index in [9.17, 15) is 9.18 Å².